The Morgan fingerprint density at radius 3 is 1.95 bits per heavy atom. The van der Waals surface area contributed by atoms with Crippen LogP contribution >= 0.6 is 0 Å². The van der Waals surface area contributed by atoms with Gasteiger partial charge in [0.1, 0.15) is 0 Å². The van der Waals surface area contributed by atoms with Gasteiger partial charge in [-0.3, -0.25) is 0 Å². The Kier molecular flexibility index (Phi) is 13.8. The van der Waals surface area contributed by atoms with Gasteiger partial charge in [-0.25, -0.2) is 0 Å². The van der Waals surface area contributed by atoms with Gasteiger partial charge in [-0.05, 0) is 47.1 Å². The summed E-state index contributed by atoms with van der Waals surface area (Å²) in [7, 11) is 6.51. The minimum Gasteiger partial charge on any atom is -0.329 e. The van der Waals surface area contributed by atoms with Crippen molar-refractivity contribution in [1.82, 2.24) is 9.80 Å². The lowest BCUT2D eigenvalue weighted by molar-refractivity contribution is 0.218. The number of nitrogens with two attached hydrogens (primary N) is 1. The van der Waals surface area contributed by atoms with Crippen LogP contribution in [0.25, 0.3) is 0 Å². The van der Waals surface area contributed by atoms with Crippen LogP contribution in [0.5, 0.6) is 0 Å². The predicted molar refractivity (Wildman–Crippen MR) is 91.3 cm³/mol. The molecule has 0 saturated carbocycles. The molecule has 1 atom stereocenters. The van der Waals surface area contributed by atoms with Crippen LogP contribution in [0.3, 0.4) is 0 Å². The molecular weight excluding hydrogens is 246 g/mol. The van der Waals surface area contributed by atoms with Crippen LogP contribution in [0.4, 0.5) is 0 Å². The van der Waals surface area contributed by atoms with Gasteiger partial charge in [0.2, 0.25) is 0 Å². The number of unbranched alkanes of at least 4 members (excludes halogenated alkanes) is 6. The molecule has 0 radical (unpaired) electrons. The van der Waals surface area contributed by atoms with Crippen molar-refractivity contribution in [2.24, 2.45) is 5.73 Å². The number of likely N-dealkylation sites (N-methyl/N-ethyl adjacent to an activating group) is 1. The number of hydrogen-bond donors (Lipinski definition) is 1. The second-order valence-corrected chi connectivity index (χ2v) is 6.44. The smallest absolute Gasteiger partial charge is 0.0215 e. The molecule has 0 aromatic heterocycles. The fourth-order valence-corrected chi connectivity index (χ4v) is 2.67. The highest BCUT2D eigenvalue weighted by Gasteiger charge is 2.12. The van der Waals surface area contributed by atoms with Gasteiger partial charge in [0, 0.05) is 12.6 Å². The summed E-state index contributed by atoms with van der Waals surface area (Å²) in [4.78, 5) is 4.71. The molecule has 0 saturated heterocycles. The molecule has 3 heteroatoms. The Morgan fingerprint density at radius 1 is 0.800 bits per heavy atom. The van der Waals surface area contributed by atoms with Crippen molar-refractivity contribution in [2.75, 3.05) is 40.8 Å². The van der Waals surface area contributed by atoms with E-state index >= 15 is 0 Å². The van der Waals surface area contributed by atoms with Crippen molar-refractivity contribution < 1.29 is 0 Å². The maximum atomic E-state index is 5.93. The minimum atomic E-state index is 0.577. The van der Waals surface area contributed by atoms with Gasteiger partial charge < -0.3 is 15.5 Å². The molecule has 0 fully saturated rings. The summed E-state index contributed by atoms with van der Waals surface area (Å²) in [6.07, 6.45) is 12.2. The van der Waals surface area contributed by atoms with Crippen LogP contribution in [-0.2, 0) is 0 Å². The first kappa shape index (κ1) is 19.9. The van der Waals surface area contributed by atoms with E-state index in [1.807, 2.05) is 0 Å². The van der Waals surface area contributed by atoms with Crippen LogP contribution in [0.2, 0.25) is 0 Å². The molecule has 122 valence electrons. The molecule has 0 rings (SSSR count). The van der Waals surface area contributed by atoms with E-state index in [2.05, 4.69) is 37.9 Å². The van der Waals surface area contributed by atoms with Crippen LogP contribution in [0.1, 0.15) is 64.7 Å². The molecule has 3 nitrogen and oxygen atoms in total. The Morgan fingerprint density at radius 2 is 1.40 bits per heavy atom. The zero-order chi connectivity index (χ0) is 15.2. The minimum absolute atomic E-state index is 0.577. The standard InChI is InChI=1S/C17H39N3/c1-5-6-7-8-9-10-11-13-17(16-18)20(4)15-12-14-19(2)3/h17H,5-16,18H2,1-4H3. The fraction of sp³-hybridized carbons (Fsp3) is 1.00. The third kappa shape index (κ3) is 11.7. The van der Waals surface area contributed by atoms with Crippen molar-refractivity contribution >= 4 is 0 Å². The summed E-state index contributed by atoms with van der Waals surface area (Å²) >= 11 is 0. The van der Waals surface area contributed by atoms with Crippen LogP contribution in [0.15, 0.2) is 0 Å². The van der Waals surface area contributed by atoms with Crippen molar-refractivity contribution in [3.63, 3.8) is 0 Å². The third-order valence-corrected chi connectivity index (χ3v) is 4.15. The van der Waals surface area contributed by atoms with Gasteiger partial charge >= 0.3 is 0 Å². The molecule has 0 amide bonds. The van der Waals surface area contributed by atoms with E-state index in [0.717, 1.165) is 13.1 Å². The lowest BCUT2D eigenvalue weighted by Gasteiger charge is -2.27. The van der Waals surface area contributed by atoms with Crippen molar-refractivity contribution in [2.45, 2.75) is 70.8 Å². The summed E-state index contributed by atoms with van der Waals surface area (Å²) in [6, 6.07) is 0.577. The van der Waals surface area contributed by atoms with Gasteiger partial charge in [-0.15, -0.1) is 0 Å². The molecule has 0 aromatic rings. The summed E-state index contributed by atoms with van der Waals surface area (Å²) in [5.74, 6) is 0. The summed E-state index contributed by atoms with van der Waals surface area (Å²) < 4.78 is 0. The Hall–Kier alpha value is -0.120. The first-order valence-electron chi connectivity index (χ1n) is 8.66. The van der Waals surface area contributed by atoms with E-state index in [0.29, 0.717) is 6.04 Å². The molecule has 0 heterocycles. The van der Waals surface area contributed by atoms with Crippen molar-refractivity contribution in [3.05, 3.63) is 0 Å². The Labute approximate surface area is 127 Å². The van der Waals surface area contributed by atoms with E-state index in [-0.39, 0.29) is 0 Å². The largest absolute Gasteiger partial charge is 0.329 e. The molecule has 1 unspecified atom stereocenters. The highest BCUT2D eigenvalue weighted by atomic mass is 15.1. The van der Waals surface area contributed by atoms with E-state index in [1.165, 1.54) is 64.3 Å². The first-order valence-corrected chi connectivity index (χ1v) is 8.66. The molecule has 0 aliphatic heterocycles. The van der Waals surface area contributed by atoms with E-state index in [1.54, 1.807) is 0 Å². The maximum absolute atomic E-state index is 5.93. The molecule has 0 aliphatic rings. The monoisotopic (exact) mass is 285 g/mol. The average Bonchev–Trinajstić information content (AvgIpc) is 2.41. The predicted octanol–water partition coefficient (Wildman–Crippen LogP) is 3.34. The number of rotatable bonds is 14. The topological polar surface area (TPSA) is 32.5 Å². The normalized spacial score (nSPS) is 13.3. The van der Waals surface area contributed by atoms with Gasteiger partial charge in [0.05, 0.1) is 0 Å². The van der Waals surface area contributed by atoms with Crippen LogP contribution in [0, 0.1) is 0 Å². The quantitative estimate of drug-likeness (QED) is 0.497. The van der Waals surface area contributed by atoms with Gasteiger partial charge in [-0.1, -0.05) is 51.9 Å². The van der Waals surface area contributed by atoms with E-state index in [4.69, 9.17) is 5.73 Å². The molecule has 0 aromatic carbocycles. The zero-order valence-electron chi connectivity index (χ0n) is 14.5. The molecular formula is C17H39N3. The fourth-order valence-electron chi connectivity index (χ4n) is 2.67. The lowest BCUT2D eigenvalue weighted by Crippen LogP contribution is -2.39. The molecule has 0 spiro atoms. The van der Waals surface area contributed by atoms with Crippen LogP contribution in [-0.4, -0.2) is 56.6 Å². The molecule has 0 aliphatic carbocycles. The molecule has 0 bridgehead atoms. The highest BCUT2D eigenvalue weighted by Crippen LogP contribution is 2.12. The Bertz CT molecular complexity index is 195. The Balaban J connectivity index is 3.58. The highest BCUT2D eigenvalue weighted by molar-refractivity contribution is 4.70. The molecule has 2 N–H and O–H groups in total. The zero-order valence-corrected chi connectivity index (χ0v) is 14.5. The lowest BCUT2D eigenvalue weighted by atomic mass is 10.0. The number of hydrogen-bond acceptors (Lipinski definition) is 3. The molecule has 20 heavy (non-hydrogen) atoms. The van der Waals surface area contributed by atoms with E-state index < -0.39 is 0 Å². The number of nitrogens with zero attached hydrogens (tertiary/aromatic N) is 2. The maximum Gasteiger partial charge on any atom is 0.0215 e. The van der Waals surface area contributed by atoms with Crippen molar-refractivity contribution in [1.29, 1.82) is 0 Å². The van der Waals surface area contributed by atoms with Crippen LogP contribution < -0.4 is 5.73 Å². The van der Waals surface area contributed by atoms with Gasteiger partial charge in [0.15, 0.2) is 0 Å². The van der Waals surface area contributed by atoms with E-state index in [9.17, 15) is 0 Å². The second kappa shape index (κ2) is 13.8. The summed E-state index contributed by atoms with van der Waals surface area (Å²) in [5.41, 5.74) is 5.93. The van der Waals surface area contributed by atoms with Gasteiger partial charge in [-0.2, -0.15) is 0 Å². The average molecular weight is 286 g/mol. The first-order chi connectivity index (χ1) is 9.61. The SMILES string of the molecule is CCCCCCCCCC(CN)N(C)CCCN(C)C. The summed E-state index contributed by atoms with van der Waals surface area (Å²) in [6.45, 7) is 5.40. The van der Waals surface area contributed by atoms with Gasteiger partial charge in [0.25, 0.3) is 0 Å². The van der Waals surface area contributed by atoms with Crippen molar-refractivity contribution in [3.8, 4) is 0 Å². The second-order valence-electron chi connectivity index (χ2n) is 6.44. The third-order valence-electron chi connectivity index (χ3n) is 4.15. The summed E-state index contributed by atoms with van der Waals surface area (Å²) in [5, 5.41) is 0.